The van der Waals surface area contributed by atoms with Crippen molar-refractivity contribution in [2.24, 2.45) is 5.92 Å². The van der Waals surface area contributed by atoms with Gasteiger partial charge in [-0.15, -0.1) is 0 Å². The summed E-state index contributed by atoms with van der Waals surface area (Å²) in [5, 5.41) is 3.00. The summed E-state index contributed by atoms with van der Waals surface area (Å²) < 4.78 is 48.9. The van der Waals surface area contributed by atoms with E-state index in [1.807, 2.05) is 6.92 Å². The number of hydrogen-bond acceptors (Lipinski definition) is 7. The molecule has 0 aromatic heterocycles. The molecule has 1 aliphatic rings. The molecule has 2 atom stereocenters. The first-order valence-electron chi connectivity index (χ1n) is 11.0. The van der Waals surface area contributed by atoms with Gasteiger partial charge >= 0.3 is 0 Å². The summed E-state index contributed by atoms with van der Waals surface area (Å²) in [6.45, 7) is 2.36. The van der Waals surface area contributed by atoms with Gasteiger partial charge in [0.2, 0.25) is 21.7 Å². The second-order valence-corrected chi connectivity index (χ2v) is 10.0. The Kier molecular flexibility index (Phi) is 8.27. The number of methoxy groups -OCH3 is 4. The minimum atomic E-state index is -3.71. The van der Waals surface area contributed by atoms with Crippen LogP contribution in [0.1, 0.15) is 31.4 Å². The first-order valence-corrected chi connectivity index (χ1v) is 12.4. The number of carbonyl (C=O) groups is 1. The fourth-order valence-corrected chi connectivity index (χ4v) is 5.56. The number of amides is 1. The van der Waals surface area contributed by atoms with Crippen LogP contribution >= 0.6 is 0 Å². The molecule has 2 unspecified atom stereocenters. The molecule has 2 aromatic carbocycles. The molecule has 0 saturated carbocycles. The third-order valence-corrected chi connectivity index (χ3v) is 7.88. The number of carbonyl (C=O) groups excluding carboxylic acids is 1. The van der Waals surface area contributed by atoms with Gasteiger partial charge in [0, 0.05) is 13.1 Å². The van der Waals surface area contributed by atoms with E-state index in [2.05, 4.69) is 5.32 Å². The lowest BCUT2D eigenvalue weighted by molar-refractivity contribution is -0.126. The summed E-state index contributed by atoms with van der Waals surface area (Å²) in [6.07, 6.45) is 1.22. The molecule has 1 amide bonds. The standard InChI is InChI=1S/C24H32N2O7S/c1-16(18-13-21(31-3)23(33-5)22(14-18)32-4)25-24(27)17-7-6-12-26(15-17)34(28,29)20-10-8-19(30-2)9-11-20/h8-11,13-14,16-17H,6-7,12,15H2,1-5H3,(H,25,27). The molecule has 0 spiro atoms. The molecule has 0 bridgehead atoms. The number of nitrogens with zero attached hydrogens (tertiary/aromatic N) is 1. The fourth-order valence-electron chi connectivity index (χ4n) is 4.04. The number of piperidine rings is 1. The number of rotatable bonds is 9. The molecule has 0 radical (unpaired) electrons. The van der Waals surface area contributed by atoms with Crippen molar-refractivity contribution in [3.05, 3.63) is 42.0 Å². The van der Waals surface area contributed by atoms with Crippen LogP contribution in [0.2, 0.25) is 0 Å². The highest BCUT2D eigenvalue weighted by molar-refractivity contribution is 7.89. The lowest BCUT2D eigenvalue weighted by atomic mass is 9.97. The van der Waals surface area contributed by atoms with Crippen LogP contribution < -0.4 is 24.3 Å². The summed E-state index contributed by atoms with van der Waals surface area (Å²) in [6, 6.07) is 9.48. The Labute approximate surface area is 201 Å². The zero-order valence-electron chi connectivity index (χ0n) is 20.2. The lowest BCUT2D eigenvalue weighted by Gasteiger charge is -2.32. The molecule has 1 N–H and O–H groups in total. The maximum Gasteiger partial charge on any atom is 0.243 e. The van der Waals surface area contributed by atoms with E-state index in [0.717, 1.165) is 5.56 Å². The Balaban J connectivity index is 1.72. The van der Waals surface area contributed by atoms with Crippen molar-refractivity contribution in [3.63, 3.8) is 0 Å². The quantitative estimate of drug-likeness (QED) is 0.574. The summed E-state index contributed by atoms with van der Waals surface area (Å²) in [5.74, 6) is 1.39. The van der Waals surface area contributed by atoms with Crippen LogP contribution in [0.4, 0.5) is 0 Å². The Bertz CT molecular complexity index is 1080. The van der Waals surface area contributed by atoms with Crippen molar-refractivity contribution in [2.45, 2.75) is 30.7 Å². The second-order valence-electron chi connectivity index (χ2n) is 8.07. The van der Waals surface area contributed by atoms with Gasteiger partial charge in [-0.25, -0.2) is 8.42 Å². The molecule has 3 rings (SSSR count). The van der Waals surface area contributed by atoms with Crippen LogP contribution in [-0.2, 0) is 14.8 Å². The Morgan fingerprint density at radius 1 is 1.00 bits per heavy atom. The van der Waals surface area contributed by atoms with E-state index in [0.29, 0.717) is 42.4 Å². The van der Waals surface area contributed by atoms with Gasteiger partial charge in [-0.3, -0.25) is 4.79 Å². The summed E-state index contributed by atoms with van der Waals surface area (Å²) in [7, 11) is 2.41. The van der Waals surface area contributed by atoms with Crippen LogP contribution in [0.15, 0.2) is 41.3 Å². The van der Waals surface area contributed by atoms with Gasteiger partial charge < -0.3 is 24.3 Å². The van der Waals surface area contributed by atoms with E-state index < -0.39 is 15.9 Å². The minimum Gasteiger partial charge on any atom is -0.497 e. The van der Waals surface area contributed by atoms with E-state index in [9.17, 15) is 13.2 Å². The molecule has 1 aliphatic heterocycles. The number of nitrogens with one attached hydrogen (secondary N) is 1. The van der Waals surface area contributed by atoms with Gasteiger partial charge in [0.25, 0.3) is 0 Å². The maximum absolute atomic E-state index is 13.1. The molecule has 2 aromatic rings. The SMILES string of the molecule is COc1ccc(S(=O)(=O)N2CCCC(C(=O)NC(C)c3cc(OC)c(OC)c(OC)c3)C2)cc1. The van der Waals surface area contributed by atoms with E-state index >= 15 is 0 Å². The normalized spacial score (nSPS) is 17.5. The number of sulfonamides is 1. The largest absolute Gasteiger partial charge is 0.497 e. The van der Waals surface area contributed by atoms with Crippen molar-refractivity contribution in [1.29, 1.82) is 0 Å². The number of ether oxygens (including phenoxy) is 4. The lowest BCUT2D eigenvalue weighted by Crippen LogP contribution is -2.45. The first-order chi connectivity index (χ1) is 16.2. The van der Waals surface area contributed by atoms with Crippen LogP contribution in [0, 0.1) is 5.92 Å². The van der Waals surface area contributed by atoms with Crippen molar-refractivity contribution >= 4 is 15.9 Å². The molecular weight excluding hydrogens is 460 g/mol. The summed E-state index contributed by atoms with van der Waals surface area (Å²) in [5.41, 5.74) is 0.779. The topological polar surface area (TPSA) is 103 Å². The van der Waals surface area contributed by atoms with Crippen LogP contribution in [-0.4, -0.2) is 60.2 Å². The van der Waals surface area contributed by atoms with Crippen LogP contribution in [0.25, 0.3) is 0 Å². The van der Waals surface area contributed by atoms with Crippen molar-refractivity contribution in [3.8, 4) is 23.0 Å². The van der Waals surface area contributed by atoms with Gasteiger partial charge in [0.05, 0.1) is 45.3 Å². The molecule has 0 aliphatic carbocycles. The molecule has 34 heavy (non-hydrogen) atoms. The minimum absolute atomic E-state index is 0.127. The smallest absolute Gasteiger partial charge is 0.243 e. The van der Waals surface area contributed by atoms with Gasteiger partial charge in [0.15, 0.2) is 11.5 Å². The number of benzene rings is 2. The highest BCUT2D eigenvalue weighted by atomic mass is 32.2. The third-order valence-electron chi connectivity index (χ3n) is 6.00. The molecule has 9 nitrogen and oxygen atoms in total. The van der Waals surface area contributed by atoms with E-state index in [4.69, 9.17) is 18.9 Å². The number of hydrogen-bond donors (Lipinski definition) is 1. The molecular formula is C24H32N2O7S. The summed E-state index contributed by atoms with van der Waals surface area (Å²) >= 11 is 0. The zero-order chi connectivity index (χ0) is 24.9. The first kappa shape index (κ1) is 25.6. The van der Waals surface area contributed by atoms with Gasteiger partial charge in [-0.1, -0.05) is 0 Å². The Hall–Kier alpha value is -2.98. The van der Waals surface area contributed by atoms with E-state index in [1.165, 1.54) is 44.9 Å². The van der Waals surface area contributed by atoms with Gasteiger partial charge in [-0.05, 0) is 61.7 Å². The predicted octanol–water partition coefficient (Wildman–Crippen LogP) is 3.00. The van der Waals surface area contributed by atoms with Crippen molar-refractivity contribution in [2.75, 3.05) is 41.5 Å². The molecule has 1 saturated heterocycles. The van der Waals surface area contributed by atoms with E-state index in [1.54, 1.807) is 24.3 Å². The van der Waals surface area contributed by atoms with Crippen molar-refractivity contribution in [1.82, 2.24) is 9.62 Å². The zero-order valence-corrected chi connectivity index (χ0v) is 21.0. The average molecular weight is 493 g/mol. The molecule has 1 heterocycles. The maximum atomic E-state index is 13.1. The highest BCUT2D eigenvalue weighted by Gasteiger charge is 2.34. The fraction of sp³-hybridized carbons (Fsp3) is 0.458. The van der Waals surface area contributed by atoms with Crippen molar-refractivity contribution < 1.29 is 32.2 Å². The monoisotopic (exact) mass is 492 g/mol. The van der Waals surface area contributed by atoms with Gasteiger partial charge in [0.1, 0.15) is 5.75 Å². The van der Waals surface area contributed by atoms with E-state index in [-0.39, 0.29) is 23.4 Å². The molecule has 186 valence electrons. The average Bonchev–Trinajstić information content (AvgIpc) is 2.87. The Morgan fingerprint density at radius 2 is 1.62 bits per heavy atom. The van der Waals surface area contributed by atoms with Crippen LogP contribution in [0.5, 0.6) is 23.0 Å². The van der Waals surface area contributed by atoms with Gasteiger partial charge in [-0.2, -0.15) is 4.31 Å². The molecule has 1 fully saturated rings. The Morgan fingerprint density at radius 3 is 2.15 bits per heavy atom. The molecule has 10 heteroatoms. The summed E-state index contributed by atoms with van der Waals surface area (Å²) in [4.78, 5) is 13.3. The predicted molar refractivity (Wildman–Crippen MR) is 127 cm³/mol. The third kappa shape index (κ3) is 5.39. The highest BCUT2D eigenvalue weighted by Crippen LogP contribution is 2.39. The second kappa shape index (κ2) is 11.0. The van der Waals surface area contributed by atoms with Crippen LogP contribution in [0.3, 0.4) is 0 Å².